The number of carbonyl (C=O) groups is 1. The average molecular weight is 311 g/mol. The lowest BCUT2D eigenvalue weighted by atomic mass is 10.1. The number of carbonyl (C=O) groups excluding carboxylic acids is 1. The van der Waals surface area contributed by atoms with Crippen LogP contribution in [0.4, 0.5) is 5.13 Å². The van der Waals surface area contributed by atoms with Crippen LogP contribution in [0.2, 0.25) is 0 Å². The molecule has 0 N–H and O–H groups in total. The van der Waals surface area contributed by atoms with Crippen LogP contribution in [-0.4, -0.2) is 17.9 Å². The molecule has 0 aliphatic rings. The summed E-state index contributed by atoms with van der Waals surface area (Å²) in [6.45, 7) is 0. The van der Waals surface area contributed by atoms with Crippen LogP contribution in [-0.2, 0) is 11.2 Å². The van der Waals surface area contributed by atoms with Crippen molar-refractivity contribution in [1.29, 1.82) is 0 Å². The quantitative estimate of drug-likeness (QED) is 0.872. The van der Waals surface area contributed by atoms with E-state index >= 15 is 0 Å². The second kappa shape index (κ2) is 5.42. The first-order valence-corrected chi connectivity index (χ1v) is 6.74. The minimum Gasteiger partial charge on any atom is -0.291 e. The number of halogens is 1. The first kappa shape index (κ1) is 12.3. The highest BCUT2D eigenvalue weighted by Crippen LogP contribution is 2.17. The molecular weight excluding hydrogens is 300 g/mol. The Kier molecular flexibility index (Phi) is 3.91. The molecule has 17 heavy (non-hydrogen) atoms. The zero-order chi connectivity index (χ0) is 12.3. The fourth-order valence-electron chi connectivity index (χ4n) is 1.38. The van der Waals surface area contributed by atoms with Gasteiger partial charge >= 0.3 is 0 Å². The van der Waals surface area contributed by atoms with Gasteiger partial charge in [-0.05, 0) is 17.7 Å². The zero-order valence-electron chi connectivity index (χ0n) is 9.26. The smallest absolute Gasteiger partial charge is 0.232 e. The highest BCUT2D eigenvalue weighted by molar-refractivity contribution is 9.10. The lowest BCUT2D eigenvalue weighted by Gasteiger charge is -2.13. The summed E-state index contributed by atoms with van der Waals surface area (Å²) in [6.07, 6.45) is 2.09. The summed E-state index contributed by atoms with van der Waals surface area (Å²) in [7, 11) is 1.75. The topological polar surface area (TPSA) is 33.2 Å². The minimum absolute atomic E-state index is 0.0438. The predicted molar refractivity (Wildman–Crippen MR) is 73.4 cm³/mol. The molecule has 5 heteroatoms. The van der Waals surface area contributed by atoms with Crippen LogP contribution in [0.3, 0.4) is 0 Å². The second-order valence-electron chi connectivity index (χ2n) is 3.57. The molecule has 1 amide bonds. The molecule has 88 valence electrons. The van der Waals surface area contributed by atoms with Crippen molar-refractivity contribution >= 4 is 38.3 Å². The van der Waals surface area contributed by atoms with E-state index in [-0.39, 0.29) is 5.91 Å². The van der Waals surface area contributed by atoms with Crippen molar-refractivity contribution in [2.45, 2.75) is 6.42 Å². The maximum Gasteiger partial charge on any atom is 0.232 e. The van der Waals surface area contributed by atoms with Crippen molar-refractivity contribution in [1.82, 2.24) is 4.98 Å². The summed E-state index contributed by atoms with van der Waals surface area (Å²) in [5.41, 5.74) is 1.00. The normalized spacial score (nSPS) is 10.2. The number of thiazole rings is 1. The molecule has 0 fully saturated rings. The van der Waals surface area contributed by atoms with Crippen LogP contribution in [0.5, 0.6) is 0 Å². The van der Waals surface area contributed by atoms with Crippen molar-refractivity contribution in [3.8, 4) is 0 Å². The Hall–Kier alpha value is -1.20. The van der Waals surface area contributed by atoms with E-state index in [1.165, 1.54) is 11.3 Å². The third kappa shape index (κ3) is 3.14. The van der Waals surface area contributed by atoms with Gasteiger partial charge in [0.25, 0.3) is 0 Å². The summed E-state index contributed by atoms with van der Waals surface area (Å²) >= 11 is 4.83. The van der Waals surface area contributed by atoms with Crippen LogP contribution in [0, 0.1) is 0 Å². The van der Waals surface area contributed by atoms with Gasteiger partial charge in [0, 0.05) is 23.1 Å². The van der Waals surface area contributed by atoms with Gasteiger partial charge < -0.3 is 0 Å². The monoisotopic (exact) mass is 310 g/mol. The molecule has 0 bridgehead atoms. The average Bonchev–Trinajstić information content (AvgIpc) is 2.84. The number of hydrogen-bond donors (Lipinski definition) is 0. The van der Waals surface area contributed by atoms with Crippen LogP contribution in [0.25, 0.3) is 0 Å². The van der Waals surface area contributed by atoms with E-state index in [2.05, 4.69) is 20.9 Å². The Balaban J connectivity index is 2.04. The second-order valence-corrected chi connectivity index (χ2v) is 5.36. The Morgan fingerprint density at radius 1 is 1.41 bits per heavy atom. The molecule has 0 aliphatic heterocycles. The Labute approximate surface area is 112 Å². The maximum atomic E-state index is 12.0. The fraction of sp³-hybridized carbons (Fsp3) is 0.167. The standard InChI is InChI=1S/C12H11BrN2OS/c1-15(12-14-6-7-17-12)11(16)8-9-2-4-10(13)5-3-9/h2-7H,8H2,1H3. The summed E-state index contributed by atoms with van der Waals surface area (Å²) in [5.74, 6) is 0.0438. The van der Waals surface area contributed by atoms with Crippen LogP contribution in [0.15, 0.2) is 40.3 Å². The van der Waals surface area contributed by atoms with Crippen LogP contribution < -0.4 is 4.90 Å². The zero-order valence-corrected chi connectivity index (χ0v) is 11.7. The Bertz CT molecular complexity index is 496. The first-order valence-electron chi connectivity index (χ1n) is 5.07. The summed E-state index contributed by atoms with van der Waals surface area (Å²) in [6, 6.07) is 7.76. The number of rotatable bonds is 3. The van der Waals surface area contributed by atoms with Gasteiger partial charge in [-0.1, -0.05) is 28.1 Å². The predicted octanol–water partition coefficient (Wildman–Crippen LogP) is 3.11. The number of anilines is 1. The Morgan fingerprint density at radius 2 is 2.12 bits per heavy atom. The lowest BCUT2D eigenvalue weighted by molar-refractivity contribution is -0.117. The summed E-state index contributed by atoms with van der Waals surface area (Å²) in [4.78, 5) is 17.7. The third-order valence-corrected chi connectivity index (χ3v) is 3.73. The van der Waals surface area contributed by atoms with Gasteiger partial charge in [-0.3, -0.25) is 9.69 Å². The molecule has 2 rings (SSSR count). The van der Waals surface area contributed by atoms with E-state index < -0.39 is 0 Å². The summed E-state index contributed by atoms with van der Waals surface area (Å²) < 4.78 is 1.02. The number of aromatic nitrogens is 1. The van der Waals surface area contributed by atoms with Crippen molar-refractivity contribution < 1.29 is 4.79 Å². The van der Waals surface area contributed by atoms with E-state index in [1.54, 1.807) is 18.1 Å². The highest BCUT2D eigenvalue weighted by atomic mass is 79.9. The molecule has 0 radical (unpaired) electrons. The lowest BCUT2D eigenvalue weighted by Crippen LogP contribution is -2.27. The molecule has 0 saturated heterocycles. The molecule has 2 aromatic rings. The van der Waals surface area contributed by atoms with Gasteiger partial charge in [0.15, 0.2) is 5.13 Å². The van der Waals surface area contributed by atoms with Gasteiger partial charge in [0.1, 0.15) is 0 Å². The van der Waals surface area contributed by atoms with Gasteiger partial charge in [0.2, 0.25) is 5.91 Å². The summed E-state index contributed by atoms with van der Waals surface area (Å²) in [5, 5.41) is 2.59. The van der Waals surface area contributed by atoms with Gasteiger partial charge in [-0.15, -0.1) is 11.3 Å². The van der Waals surface area contributed by atoms with E-state index in [9.17, 15) is 4.79 Å². The number of hydrogen-bond acceptors (Lipinski definition) is 3. The van der Waals surface area contributed by atoms with E-state index in [0.717, 1.165) is 15.2 Å². The first-order chi connectivity index (χ1) is 8.16. The molecular formula is C12H11BrN2OS. The number of nitrogens with zero attached hydrogens (tertiary/aromatic N) is 2. The van der Waals surface area contributed by atoms with Crippen molar-refractivity contribution in [3.05, 3.63) is 45.9 Å². The molecule has 3 nitrogen and oxygen atoms in total. The third-order valence-electron chi connectivity index (χ3n) is 2.35. The molecule has 0 spiro atoms. The largest absolute Gasteiger partial charge is 0.291 e. The SMILES string of the molecule is CN(C(=O)Cc1ccc(Br)cc1)c1nccs1. The van der Waals surface area contributed by atoms with Gasteiger partial charge in [-0.25, -0.2) is 4.98 Å². The van der Waals surface area contributed by atoms with Crippen LogP contribution in [0.1, 0.15) is 5.56 Å². The molecule has 0 unspecified atom stereocenters. The fourth-order valence-corrected chi connectivity index (χ4v) is 2.27. The molecule has 0 atom stereocenters. The van der Waals surface area contributed by atoms with Gasteiger partial charge in [0.05, 0.1) is 6.42 Å². The molecule has 0 saturated carbocycles. The Morgan fingerprint density at radius 3 is 2.71 bits per heavy atom. The van der Waals surface area contributed by atoms with Crippen molar-refractivity contribution in [2.75, 3.05) is 11.9 Å². The van der Waals surface area contributed by atoms with E-state index in [1.807, 2.05) is 29.6 Å². The number of amides is 1. The van der Waals surface area contributed by atoms with E-state index in [0.29, 0.717) is 6.42 Å². The number of benzene rings is 1. The minimum atomic E-state index is 0.0438. The molecule has 1 aromatic carbocycles. The van der Waals surface area contributed by atoms with Crippen LogP contribution >= 0.6 is 27.3 Å². The van der Waals surface area contributed by atoms with Crippen molar-refractivity contribution in [2.24, 2.45) is 0 Å². The maximum absolute atomic E-state index is 12.0. The molecule has 1 aromatic heterocycles. The molecule has 1 heterocycles. The number of likely N-dealkylation sites (N-methyl/N-ethyl adjacent to an activating group) is 1. The van der Waals surface area contributed by atoms with E-state index in [4.69, 9.17) is 0 Å². The molecule has 0 aliphatic carbocycles. The van der Waals surface area contributed by atoms with Crippen molar-refractivity contribution in [3.63, 3.8) is 0 Å². The highest BCUT2D eigenvalue weighted by Gasteiger charge is 2.13. The van der Waals surface area contributed by atoms with Gasteiger partial charge in [-0.2, -0.15) is 0 Å².